The van der Waals surface area contributed by atoms with Crippen molar-refractivity contribution in [2.75, 3.05) is 13.1 Å². The van der Waals surface area contributed by atoms with Crippen molar-refractivity contribution in [2.45, 2.75) is 62.3 Å². The molecule has 1 amide bonds. The van der Waals surface area contributed by atoms with Crippen LogP contribution in [-0.2, 0) is 21.2 Å². The first kappa shape index (κ1) is 17.4. The molecule has 0 unspecified atom stereocenters. The number of benzene rings is 1. The van der Waals surface area contributed by atoms with E-state index in [1.807, 2.05) is 17.0 Å². The number of sulfonamides is 1. The number of nitrogens with one attached hydrogen (secondary N) is 1. The fraction of sp³-hybridized carbons (Fsp3) is 0.611. The van der Waals surface area contributed by atoms with Crippen LogP contribution in [0.4, 0.5) is 0 Å². The van der Waals surface area contributed by atoms with Crippen molar-refractivity contribution < 1.29 is 13.2 Å². The van der Waals surface area contributed by atoms with E-state index in [4.69, 9.17) is 0 Å². The van der Waals surface area contributed by atoms with Crippen LogP contribution in [0.15, 0.2) is 29.2 Å². The van der Waals surface area contributed by atoms with E-state index in [0.29, 0.717) is 17.9 Å². The second-order valence-corrected chi connectivity index (χ2v) is 8.55. The zero-order valence-corrected chi connectivity index (χ0v) is 14.9. The third-order valence-electron chi connectivity index (χ3n) is 5.00. The van der Waals surface area contributed by atoms with Gasteiger partial charge in [-0.25, -0.2) is 13.1 Å². The Morgan fingerprint density at radius 3 is 2.38 bits per heavy atom. The van der Waals surface area contributed by atoms with Gasteiger partial charge in [0.25, 0.3) is 0 Å². The Balaban J connectivity index is 1.57. The normalized spacial score (nSPS) is 19.8. The molecule has 1 aromatic carbocycles. The smallest absolute Gasteiger partial charge is 0.240 e. The minimum absolute atomic E-state index is 0.0737. The predicted molar refractivity (Wildman–Crippen MR) is 93.2 cm³/mol. The van der Waals surface area contributed by atoms with E-state index in [0.717, 1.165) is 50.6 Å². The molecule has 6 heteroatoms. The molecular formula is C18H26N2O3S. The van der Waals surface area contributed by atoms with Crippen LogP contribution in [0.1, 0.15) is 50.5 Å². The first-order valence-corrected chi connectivity index (χ1v) is 10.4. The molecule has 0 radical (unpaired) electrons. The van der Waals surface area contributed by atoms with E-state index in [-0.39, 0.29) is 11.9 Å². The van der Waals surface area contributed by atoms with Crippen LogP contribution in [0, 0.1) is 0 Å². The summed E-state index contributed by atoms with van der Waals surface area (Å²) >= 11 is 0. The lowest BCUT2D eigenvalue weighted by Crippen LogP contribution is -2.36. The van der Waals surface area contributed by atoms with E-state index in [1.165, 1.54) is 6.42 Å². The fourth-order valence-corrected chi connectivity index (χ4v) is 4.85. The molecule has 132 valence electrons. The summed E-state index contributed by atoms with van der Waals surface area (Å²) in [6, 6.07) is 7.13. The van der Waals surface area contributed by atoms with Gasteiger partial charge in [-0.05, 0) is 43.4 Å². The summed E-state index contributed by atoms with van der Waals surface area (Å²) in [5, 5.41) is 0. The van der Waals surface area contributed by atoms with Crippen LogP contribution >= 0.6 is 0 Å². The maximum absolute atomic E-state index is 12.5. The molecule has 24 heavy (non-hydrogen) atoms. The monoisotopic (exact) mass is 350 g/mol. The highest BCUT2D eigenvalue weighted by atomic mass is 32.2. The van der Waals surface area contributed by atoms with Gasteiger partial charge in [-0.1, -0.05) is 31.4 Å². The minimum Gasteiger partial charge on any atom is -0.342 e. The van der Waals surface area contributed by atoms with Crippen molar-refractivity contribution in [3.05, 3.63) is 29.8 Å². The summed E-state index contributed by atoms with van der Waals surface area (Å²) < 4.78 is 27.7. The van der Waals surface area contributed by atoms with E-state index < -0.39 is 10.0 Å². The SMILES string of the molecule is O=C1CCCN1CCc1ccc(S(=O)(=O)NC2CCCCC2)cc1. The standard InChI is InChI=1S/C18H26N2O3S/c21-18-7-4-13-20(18)14-12-15-8-10-17(11-9-15)24(22,23)19-16-5-2-1-3-6-16/h8-11,16,19H,1-7,12-14H2. The first-order valence-electron chi connectivity index (χ1n) is 8.94. The number of rotatable bonds is 6. The van der Waals surface area contributed by atoms with Crippen LogP contribution < -0.4 is 4.72 Å². The quantitative estimate of drug-likeness (QED) is 0.857. The zero-order chi connectivity index (χ0) is 17.0. The molecule has 0 aromatic heterocycles. The van der Waals surface area contributed by atoms with Crippen molar-refractivity contribution >= 4 is 15.9 Å². The van der Waals surface area contributed by atoms with Gasteiger partial charge in [0.05, 0.1) is 4.90 Å². The van der Waals surface area contributed by atoms with Crippen LogP contribution in [0.2, 0.25) is 0 Å². The molecule has 1 aliphatic heterocycles. The fourth-order valence-electron chi connectivity index (χ4n) is 3.55. The predicted octanol–water partition coefficient (Wildman–Crippen LogP) is 2.46. The summed E-state index contributed by atoms with van der Waals surface area (Å²) in [5.74, 6) is 0.228. The Kier molecular flexibility index (Phi) is 5.56. The Hall–Kier alpha value is -1.40. The molecule has 1 N–H and O–H groups in total. The Bertz CT molecular complexity index is 664. The lowest BCUT2D eigenvalue weighted by Gasteiger charge is -2.22. The summed E-state index contributed by atoms with van der Waals surface area (Å²) in [6.07, 6.45) is 7.63. The van der Waals surface area contributed by atoms with E-state index >= 15 is 0 Å². The molecule has 3 rings (SSSR count). The Morgan fingerprint density at radius 1 is 1.04 bits per heavy atom. The highest BCUT2D eigenvalue weighted by Crippen LogP contribution is 2.20. The molecule has 1 saturated carbocycles. The van der Waals surface area contributed by atoms with Gasteiger partial charge in [0.2, 0.25) is 15.9 Å². The Morgan fingerprint density at radius 2 is 1.75 bits per heavy atom. The summed E-state index contributed by atoms with van der Waals surface area (Å²) in [6.45, 7) is 1.56. The molecule has 0 atom stereocenters. The van der Waals surface area contributed by atoms with Gasteiger partial charge < -0.3 is 4.90 Å². The first-order chi connectivity index (χ1) is 11.5. The molecule has 0 bridgehead atoms. The Labute approximate surface area is 144 Å². The van der Waals surface area contributed by atoms with Crippen LogP contribution in [0.3, 0.4) is 0 Å². The highest BCUT2D eigenvalue weighted by Gasteiger charge is 2.22. The van der Waals surface area contributed by atoms with Crippen molar-refractivity contribution in [1.29, 1.82) is 0 Å². The van der Waals surface area contributed by atoms with Crippen molar-refractivity contribution in [3.8, 4) is 0 Å². The maximum atomic E-state index is 12.5. The number of hydrogen-bond acceptors (Lipinski definition) is 3. The second-order valence-electron chi connectivity index (χ2n) is 6.83. The molecular weight excluding hydrogens is 324 g/mol. The van der Waals surface area contributed by atoms with Crippen LogP contribution in [-0.4, -0.2) is 38.4 Å². The average molecular weight is 350 g/mol. The second kappa shape index (κ2) is 7.66. The third-order valence-corrected chi connectivity index (χ3v) is 6.54. The van der Waals surface area contributed by atoms with E-state index in [2.05, 4.69) is 4.72 Å². The highest BCUT2D eigenvalue weighted by molar-refractivity contribution is 7.89. The molecule has 1 aromatic rings. The van der Waals surface area contributed by atoms with Gasteiger partial charge in [0.1, 0.15) is 0 Å². The summed E-state index contributed by atoms with van der Waals surface area (Å²) in [7, 11) is -3.43. The van der Waals surface area contributed by atoms with Gasteiger partial charge in [0.15, 0.2) is 0 Å². The van der Waals surface area contributed by atoms with Crippen LogP contribution in [0.5, 0.6) is 0 Å². The third kappa shape index (κ3) is 4.36. The van der Waals surface area contributed by atoms with Gasteiger partial charge in [0, 0.05) is 25.6 Å². The van der Waals surface area contributed by atoms with Crippen molar-refractivity contribution in [3.63, 3.8) is 0 Å². The lowest BCUT2D eigenvalue weighted by atomic mass is 9.96. The molecule has 2 aliphatic rings. The van der Waals surface area contributed by atoms with Crippen LogP contribution in [0.25, 0.3) is 0 Å². The van der Waals surface area contributed by atoms with Gasteiger partial charge >= 0.3 is 0 Å². The number of carbonyl (C=O) groups is 1. The largest absolute Gasteiger partial charge is 0.342 e. The van der Waals surface area contributed by atoms with Crippen molar-refractivity contribution in [2.24, 2.45) is 0 Å². The number of nitrogens with zero attached hydrogens (tertiary/aromatic N) is 1. The number of amides is 1. The zero-order valence-electron chi connectivity index (χ0n) is 14.0. The number of carbonyl (C=O) groups excluding carboxylic acids is 1. The van der Waals surface area contributed by atoms with E-state index in [9.17, 15) is 13.2 Å². The molecule has 1 aliphatic carbocycles. The van der Waals surface area contributed by atoms with Gasteiger partial charge in [-0.3, -0.25) is 4.79 Å². The number of hydrogen-bond donors (Lipinski definition) is 1. The number of likely N-dealkylation sites (tertiary alicyclic amines) is 1. The summed E-state index contributed by atoms with van der Waals surface area (Å²) in [4.78, 5) is 13.8. The maximum Gasteiger partial charge on any atom is 0.240 e. The van der Waals surface area contributed by atoms with E-state index in [1.54, 1.807) is 12.1 Å². The molecule has 0 spiro atoms. The van der Waals surface area contributed by atoms with Gasteiger partial charge in [-0.2, -0.15) is 0 Å². The minimum atomic E-state index is -3.43. The molecule has 2 fully saturated rings. The summed E-state index contributed by atoms with van der Waals surface area (Å²) in [5.41, 5.74) is 1.06. The molecule has 1 saturated heterocycles. The van der Waals surface area contributed by atoms with Gasteiger partial charge in [-0.15, -0.1) is 0 Å². The average Bonchev–Trinajstić information content (AvgIpc) is 2.99. The lowest BCUT2D eigenvalue weighted by molar-refractivity contribution is -0.127. The van der Waals surface area contributed by atoms with Crippen molar-refractivity contribution in [1.82, 2.24) is 9.62 Å². The molecule has 1 heterocycles. The topological polar surface area (TPSA) is 66.5 Å². The molecule has 5 nitrogen and oxygen atoms in total.